The Hall–Kier alpha value is -0.780. The molecular weight excluding hydrogens is 324 g/mol. The van der Waals surface area contributed by atoms with Crippen LogP contribution in [0.25, 0.3) is 0 Å². The highest BCUT2D eigenvalue weighted by Crippen LogP contribution is 2.49. The SMILES string of the molecule is Cc1cc(CCCCCC2(C)CC2)c(C)c(C)c1CCCCCC(C)(C)C. The predicted molar refractivity (Wildman–Crippen MR) is 122 cm³/mol. The highest BCUT2D eigenvalue weighted by molar-refractivity contribution is 5.44. The first kappa shape index (κ1) is 22.5. The van der Waals surface area contributed by atoms with E-state index in [2.05, 4.69) is 54.5 Å². The van der Waals surface area contributed by atoms with E-state index in [1.54, 1.807) is 22.3 Å². The van der Waals surface area contributed by atoms with Gasteiger partial charge in [0.15, 0.2) is 0 Å². The highest BCUT2D eigenvalue weighted by atomic mass is 14.4. The molecule has 0 aliphatic heterocycles. The van der Waals surface area contributed by atoms with Crippen molar-refractivity contribution in [2.45, 2.75) is 126 Å². The summed E-state index contributed by atoms with van der Waals surface area (Å²) in [5.41, 5.74) is 9.14. The summed E-state index contributed by atoms with van der Waals surface area (Å²) in [7, 11) is 0. The Morgan fingerprint density at radius 1 is 0.815 bits per heavy atom. The molecule has 0 heteroatoms. The van der Waals surface area contributed by atoms with E-state index in [4.69, 9.17) is 0 Å². The molecule has 0 nitrogen and oxygen atoms in total. The number of aryl methyl sites for hydroxylation is 2. The zero-order chi connectivity index (χ0) is 20.1. The Morgan fingerprint density at radius 3 is 2.07 bits per heavy atom. The molecule has 0 saturated heterocycles. The molecule has 0 unspecified atom stereocenters. The van der Waals surface area contributed by atoms with Crippen LogP contribution in [-0.2, 0) is 12.8 Å². The fourth-order valence-corrected chi connectivity index (χ4v) is 4.51. The largest absolute Gasteiger partial charge is 0.0602 e. The Bertz CT molecular complexity index is 595. The van der Waals surface area contributed by atoms with Crippen molar-refractivity contribution in [2.75, 3.05) is 0 Å². The maximum absolute atomic E-state index is 2.51. The van der Waals surface area contributed by atoms with Crippen LogP contribution < -0.4 is 0 Å². The summed E-state index contributed by atoms with van der Waals surface area (Å²) >= 11 is 0. The van der Waals surface area contributed by atoms with Gasteiger partial charge < -0.3 is 0 Å². The molecule has 27 heavy (non-hydrogen) atoms. The van der Waals surface area contributed by atoms with Crippen LogP contribution in [0.5, 0.6) is 0 Å². The van der Waals surface area contributed by atoms with Crippen molar-refractivity contribution in [3.05, 3.63) is 33.9 Å². The molecule has 1 aliphatic carbocycles. The smallest absolute Gasteiger partial charge is 0.0274 e. The van der Waals surface area contributed by atoms with E-state index in [1.165, 1.54) is 82.6 Å². The maximum Gasteiger partial charge on any atom is -0.0274 e. The van der Waals surface area contributed by atoms with Gasteiger partial charge in [-0.05, 0) is 111 Å². The van der Waals surface area contributed by atoms with Gasteiger partial charge in [0.1, 0.15) is 0 Å². The molecule has 1 aromatic rings. The third kappa shape index (κ3) is 7.63. The van der Waals surface area contributed by atoms with Gasteiger partial charge in [-0.3, -0.25) is 0 Å². The molecule has 0 radical (unpaired) electrons. The van der Waals surface area contributed by atoms with E-state index in [9.17, 15) is 0 Å². The lowest BCUT2D eigenvalue weighted by Crippen LogP contribution is -2.05. The zero-order valence-electron chi connectivity index (χ0n) is 19.6. The molecule has 1 saturated carbocycles. The summed E-state index contributed by atoms with van der Waals surface area (Å²) in [4.78, 5) is 0. The molecule has 2 rings (SSSR count). The van der Waals surface area contributed by atoms with Crippen molar-refractivity contribution in [3.63, 3.8) is 0 Å². The van der Waals surface area contributed by atoms with E-state index >= 15 is 0 Å². The molecule has 1 aromatic carbocycles. The topological polar surface area (TPSA) is 0 Å². The van der Waals surface area contributed by atoms with Crippen molar-refractivity contribution in [2.24, 2.45) is 10.8 Å². The van der Waals surface area contributed by atoms with Crippen LogP contribution in [0.3, 0.4) is 0 Å². The summed E-state index contributed by atoms with van der Waals surface area (Å²) in [5.74, 6) is 0. The number of hydrogen-bond acceptors (Lipinski definition) is 0. The van der Waals surface area contributed by atoms with Crippen LogP contribution in [0.1, 0.15) is 120 Å². The fraction of sp³-hybridized carbons (Fsp3) is 0.778. The lowest BCUT2D eigenvalue weighted by atomic mass is 9.87. The van der Waals surface area contributed by atoms with E-state index in [0.29, 0.717) is 5.41 Å². The van der Waals surface area contributed by atoms with Crippen LogP contribution in [-0.4, -0.2) is 0 Å². The molecule has 1 fully saturated rings. The monoisotopic (exact) mass is 370 g/mol. The van der Waals surface area contributed by atoms with E-state index in [0.717, 1.165) is 5.41 Å². The van der Waals surface area contributed by atoms with Crippen molar-refractivity contribution < 1.29 is 0 Å². The van der Waals surface area contributed by atoms with Crippen molar-refractivity contribution in [3.8, 4) is 0 Å². The number of unbranched alkanes of at least 4 members (excludes halogenated alkanes) is 4. The first-order valence-corrected chi connectivity index (χ1v) is 11.7. The number of rotatable bonds is 11. The minimum absolute atomic E-state index is 0.487. The second-order valence-corrected chi connectivity index (χ2v) is 11.1. The van der Waals surface area contributed by atoms with E-state index in [-0.39, 0.29) is 0 Å². The molecule has 0 spiro atoms. The van der Waals surface area contributed by atoms with Crippen LogP contribution in [0.4, 0.5) is 0 Å². The second kappa shape index (κ2) is 9.62. The van der Waals surface area contributed by atoms with Gasteiger partial charge in [-0.2, -0.15) is 0 Å². The lowest BCUT2D eigenvalue weighted by molar-refractivity contribution is 0.358. The van der Waals surface area contributed by atoms with Gasteiger partial charge in [-0.15, -0.1) is 0 Å². The van der Waals surface area contributed by atoms with Gasteiger partial charge in [-0.1, -0.05) is 59.4 Å². The number of benzene rings is 1. The van der Waals surface area contributed by atoms with Crippen molar-refractivity contribution in [1.29, 1.82) is 0 Å². The average molecular weight is 371 g/mol. The molecular formula is C27H46. The molecule has 0 amide bonds. The molecule has 0 atom stereocenters. The van der Waals surface area contributed by atoms with Crippen LogP contribution in [0, 0.1) is 31.6 Å². The molecule has 1 aliphatic rings. The number of hydrogen-bond donors (Lipinski definition) is 0. The Labute approximate surface area is 170 Å². The summed E-state index contributed by atoms with van der Waals surface area (Å²) < 4.78 is 0. The van der Waals surface area contributed by atoms with Gasteiger partial charge in [0, 0.05) is 0 Å². The Morgan fingerprint density at radius 2 is 1.44 bits per heavy atom. The Kier molecular flexibility index (Phi) is 8.02. The molecule has 0 N–H and O–H groups in total. The highest BCUT2D eigenvalue weighted by Gasteiger charge is 2.35. The van der Waals surface area contributed by atoms with Gasteiger partial charge in [0.2, 0.25) is 0 Å². The van der Waals surface area contributed by atoms with Gasteiger partial charge in [0.05, 0.1) is 0 Å². The molecule has 0 heterocycles. The molecule has 0 aromatic heterocycles. The molecule has 154 valence electrons. The van der Waals surface area contributed by atoms with Crippen molar-refractivity contribution >= 4 is 0 Å². The van der Waals surface area contributed by atoms with E-state index < -0.39 is 0 Å². The third-order valence-electron chi connectivity index (χ3n) is 7.05. The first-order chi connectivity index (χ1) is 12.6. The first-order valence-electron chi connectivity index (χ1n) is 11.7. The molecule has 0 bridgehead atoms. The summed E-state index contributed by atoms with van der Waals surface area (Å²) in [6.07, 6.45) is 16.6. The van der Waals surface area contributed by atoms with Crippen LogP contribution in [0.15, 0.2) is 6.07 Å². The normalized spacial score (nSPS) is 16.0. The quantitative estimate of drug-likeness (QED) is 0.342. The van der Waals surface area contributed by atoms with Crippen LogP contribution in [0.2, 0.25) is 0 Å². The van der Waals surface area contributed by atoms with Gasteiger partial charge in [-0.25, -0.2) is 0 Å². The average Bonchev–Trinajstić information content (AvgIpc) is 3.30. The van der Waals surface area contributed by atoms with Crippen LogP contribution >= 0.6 is 0 Å². The van der Waals surface area contributed by atoms with Crippen molar-refractivity contribution in [1.82, 2.24) is 0 Å². The zero-order valence-corrected chi connectivity index (χ0v) is 19.6. The van der Waals surface area contributed by atoms with E-state index in [1.807, 2.05) is 0 Å². The maximum atomic E-state index is 2.51. The summed E-state index contributed by atoms with van der Waals surface area (Å²) in [5, 5.41) is 0. The minimum Gasteiger partial charge on any atom is -0.0602 e. The predicted octanol–water partition coefficient (Wildman–Crippen LogP) is 8.66. The standard InChI is InChI=1S/C27H46/c1-21-20-24(14-10-8-13-17-27(7)18-19-27)22(2)23(3)25(21)15-11-9-12-16-26(4,5)6/h20H,8-19H2,1-7H3. The lowest BCUT2D eigenvalue weighted by Gasteiger charge is -2.19. The minimum atomic E-state index is 0.487. The van der Waals surface area contributed by atoms with Gasteiger partial charge in [0.25, 0.3) is 0 Å². The van der Waals surface area contributed by atoms with Gasteiger partial charge >= 0.3 is 0 Å². The second-order valence-electron chi connectivity index (χ2n) is 11.1. The summed E-state index contributed by atoms with van der Waals surface area (Å²) in [6, 6.07) is 2.51. The fourth-order valence-electron chi connectivity index (χ4n) is 4.51. The third-order valence-corrected chi connectivity index (χ3v) is 7.05. The summed E-state index contributed by atoms with van der Waals surface area (Å²) in [6.45, 7) is 16.6. The Balaban J connectivity index is 1.79.